The minimum absolute atomic E-state index is 0.613. The molecule has 2 nitrogen and oxygen atoms in total. The van der Waals surface area contributed by atoms with Gasteiger partial charge in [0.05, 0.1) is 6.61 Å². The summed E-state index contributed by atoms with van der Waals surface area (Å²) in [5.41, 5.74) is 1.38. The maximum absolute atomic E-state index is 5.71. The van der Waals surface area contributed by atoms with E-state index in [9.17, 15) is 0 Å². The van der Waals surface area contributed by atoms with Gasteiger partial charge in [0.25, 0.3) is 0 Å². The van der Waals surface area contributed by atoms with E-state index in [2.05, 4.69) is 36.6 Å². The lowest BCUT2D eigenvalue weighted by molar-refractivity contribution is 0.332. The van der Waals surface area contributed by atoms with Crippen molar-refractivity contribution >= 4 is 0 Å². The number of para-hydroxylation sites is 1. The van der Waals surface area contributed by atoms with Crippen molar-refractivity contribution in [2.45, 2.75) is 38.1 Å². The van der Waals surface area contributed by atoms with Crippen LogP contribution in [-0.4, -0.2) is 19.7 Å². The van der Waals surface area contributed by atoms with Crippen LogP contribution in [0.5, 0.6) is 5.75 Å². The molecular formula is C14H21NO. The topological polar surface area (TPSA) is 21.3 Å². The Labute approximate surface area is 98.0 Å². The summed E-state index contributed by atoms with van der Waals surface area (Å²) in [5, 5.41) is 3.43. The van der Waals surface area contributed by atoms with E-state index >= 15 is 0 Å². The second-order valence-corrected chi connectivity index (χ2v) is 4.40. The van der Waals surface area contributed by atoms with E-state index in [1.807, 2.05) is 6.92 Å². The Morgan fingerprint density at radius 2 is 2.12 bits per heavy atom. The van der Waals surface area contributed by atoms with Crippen LogP contribution in [0.15, 0.2) is 24.3 Å². The summed E-state index contributed by atoms with van der Waals surface area (Å²) in [6.45, 7) is 2.79. The molecule has 1 fully saturated rings. The van der Waals surface area contributed by atoms with E-state index in [1.165, 1.54) is 24.8 Å². The van der Waals surface area contributed by atoms with Crippen molar-refractivity contribution in [3.63, 3.8) is 0 Å². The molecule has 1 aliphatic rings. The maximum atomic E-state index is 5.71. The van der Waals surface area contributed by atoms with Gasteiger partial charge in [-0.1, -0.05) is 24.6 Å². The molecule has 2 unspecified atom stereocenters. The van der Waals surface area contributed by atoms with Gasteiger partial charge in [0.2, 0.25) is 0 Å². The molecule has 1 saturated carbocycles. The second kappa shape index (κ2) is 5.35. The lowest BCUT2D eigenvalue weighted by atomic mass is 9.93. The number of benzene rings is 1. The lowest BCUT2D eigenvalue weighted by Crippen LogP contribution is -2.27. The van der Waals surface area contributed by atoms with Crippen LogP contribution in [0.1, 0.15) is 37.7 Å². The van der Waals surface area contributed by atoms with Crippen molar-refractivity contribution < 1.29 is 4.74 Å². The maximum Gasteiger partial charge on any atom is 0.122 e. The summed E-state index contributed by atoms with van der Waals surface area (Å²) in [4.78, 5) is 0. The molecule has 0 saturated heterocycles. The van der Waals surface area contributed by atoms with Crippen molar-refractivity contribution in [3.8, 4) is 5.75 Å². The standard InChI is InChI=1S/C14H21NO/c1-3-16-14-10-5-4-7-12(14)11-8-6-9-13(11)15-2/h4-5,7,10-11,13,15H,3,6,8-9H2,1-2H3. The Bertz CT molecular complexity index is 337. The molecule has 2 heteroatoms. The summed E-state index contributed by atoms with van der Waals surface area (Å²) in [7, 11) is 2.06. The highest BCUT2D eigenvalue weighted by Gasteiger charge is 2.29. The number of likely N-dealkylation sites (N-methyl/N-ethyl adjacent to an activating group) is 1. The molecular weight excluding hydrogens is 198 g/mol. The molecule has 0 heterocycles. The third-order valence-corrected chi connectivity index (χ3v) is 3.51. The first-order valence-corrected chi connectivity index (χ1v) is 6.25. The minimum atomic E-state index is 0.613. The average molecular weight is 219 g/mol. The summed E-state index contributed by atoms with van der Waals surface area (Å²) in [6.07, 6.45) is 3.87. The Balaban J connectivity index is 2.24. The Kier molecular flexibility index (Phi) is 3.83. The largest absolute Gasteiger partial charge is 0.494 e. The van der Waals surface area contributed by atoms with Gasteiger partial charge in [0.15, 0.2) is 0 Å². The molecule has 1 aromatic rings. The third kappa shape index (κ3) is 2.22. The molecule has 16 heavy (non-hydrogen) atoms. The van der Waals surface area contributed by atoms with Crippen LogP contribution in [0, 0.1) is 0 Å². The first kappa shape index (κ1) is 11.5. The van der Waals surface area contributed by atoms with E-state index < -0.39 is 0 Å². The molecule has 0 bridgehead atoms. The highest BCUT2D eigenvalue weighted by Crippen LogP contribution is 2.38. The number of ether oxygens (including phenoxy) is 1. The van der Waals surface area contributed by atoms with Gasteiger partial charge in [-0.15, -0.1) is 0 Å². The van der Waals surface area contributed by atoms with Gasteiger partial charge < -0.3 is 10.1 Å². The van der Waals surface area contributed by atoms with Crippen molar-refractivity contribution in [2.24, 2.45) is 0 Å². The quantitative estimate of drug-likeness (QED) is 0.840. The fourth-order valence-electron chi connectivity index (χ4n) is 2.75. The predicted molar refractivity (Wildman–Crippen MR) is 67.1 cm³/mol. The monoisotopic (exact) mass is 219 g/mol. The van der Waals surface area contributed by atoms with Gasteiger partial charge in [-0.25, -0.2) is 0 Å². The normalized spacial score (nSPS) is 24.6. The molecule has 2 rings (SSSR count). The van der Waals surface area contributed by atoms with Gasteiger partial charge in [-0.2, -0.15) is 0 Å². The predicted octanol–water partition coefficient (Wildman–Crippen LogP) is 2.94. The van der Waals surface area contributed by atoms with Gasteiger partial charge in [-0.05, 0) is 38.4 Å². The molecule has 1 aromatic carbocycles. The molecule has 1 aliphatic carbocycles. The Hall–Kier alpha value is -1.02. The van der Waals surface area contributed by atoms with Crippen LogP contribution >= 0.6 is 0 Å². The van der Waals surface area contributed by atoms with Gasteiger partial charge in [-0.3, -0.25) is 0 Å². The number of hydrogen-bond donors (Lipinski definition) is 1. The highest BCUT2D eigenvalue weighted by molar-refractivity contribution is 5.37. The van der Waals surface area contributed by atoms with E-state index in [0.717, 1.165) is 12.4 Å². The van der Waals surface area contributed by atoms with Gasteiger partial charge in [0, 0.05) is 12.0 Å². The second-order valence-electron chi connectivity index (χ2n) is 4.40. The number of rotatable bonds is 4. The first-order valence-electron chi connectivity index (χ1n) is 6.25. The molecule has 0 radical (unpaired) electrons. The van der Waals surface area contributed by atoms with Crippen LogP contribution in [0.4, 0.5) is 0 Å². The summed E-state index contributed by atoms with van der Waals surface area (Å²) in [6, 6.07) is 9.08. The Morgan fingerprint density at radius 1 is 1.31 bits per heavy atom. The van der Waals surface area contributed by atoms with Crippen LogP contribution in [0.3, 0.4) is 0 Å². The van der Waals surface area contributed by atoms with E-state index in [0.29, 0.717) is 12.0 Å². The smallest absolute Gasteiger partial charge is 0.122 e. The molecule has 0 amide bonds. The van der Waals surface area contributed by atoms with E-state index in [-0.39, 0.29) is 0 Å². The zero-order chi connectivity index (χ0) is 11.4. The van der Waals surface area contributed by atoms with Gasteiger partial charge in [0.1, 0.15) is 5.75 Å². The van der Waals surface area contributed by atoms with Gasteiger partial charge >= 0.3 is 0 Å². The zero-order valence-corrected chi connectivity index (χ0v) is 10.2. The fraction of sp³-hybridized carbons (Fsp3) is 0.571. The molecule has 2 atom stereocenters. The number of hydrogen-bond acceptors (Lipinski definition) is 2. The lowest BCUT2D eigenvalue weighted by Gasteiger charge is -2.21. The molecule has 88 valence electrons. The molecule has 0 aromatic heterocycles. The highest BCUT2D eigenvalue weighted by atomic mass is 16.5. The van der Waals surface area contributed by atoms with Crippen LogP contribution in [0.2, 0.25) is 0 Å². The van der Waals surface area contributed by atoms with Crippen LogP contribution in [0.25, 0.3) is 0 Å². The van der Waals surface area contributed by atoms with E-state index in [4.69, 9.17) is 4.74 Å². The van der Waals surface area contributed by atoms with Crippen molar-refractivity contribution in [1.29, 1.82) is 0 Å². The first-order chi connectivity index (χ1) is 7.86. The van der Waals surface area contributed by atoms with Crippen molar-refractivity contribution in [2.75, 3.05) is 13.7 Å². The van der Waals surface area contributed by atoms with Crippen LogP contribution < -0.4 is 10.1 Å². The minimum Gasteiger partial charge on any atom is -0.494 e. The Morgan fingerprint density at radius 3 is 2.88 bits per heavy atom. The molecule has 0 aliphatic heterocycles. The average Bonchev–Trinajstić information content (AvgIpc) is 2.78. The van der Waals surface area contributed by atoms with Crippen molar-refractivity contribution in [1.82, 2.24) is 5.32 Å². The third-order valence-electron chi connectivity index (χ3n) is 3.51. The summed E-state index contributed by atoms with van der Waals surface area (Å²) < 4.78 is 5.71. The van der Waals surface area contributed by atoms with Crippen LogP contribution in [-0.2, 0) is 0 Å². The summed E-state index contributed by atoms with van der Waals surface area (Å²) in [5.74, 6) is 1.69. The fourth-order valence-corrected chi connectivity index (χ4v) is 2.75. The zero-order valence-electron chi connectivity index (χ0n) is 10.2. The number of nitrogens with one attached hydrogen (secondary N) is 1. The molecule has 1 N–H and O–H groups in total. The van der Waals surface area contributed by atoms with Crippen molar-refractivity contribution in [3.05, 3.63) is 29.8 Å². The SMILES string of the molecule is CCOc1ccccc1C1CCCC1NC. The van der Waals surface area contributed by atoms with E-state index in [1.54, 1.807) is 0 Å². The molecule has 0 spiro atoms. The summed E-state index contributed by atoms with van der Waals surface area (Å²) >= 11 is 0.